The minimum absolute atomic E-state index is 0.0636. The van der Waals surface area contributed by atoms with Gasteiger partial charge in [-0.1, -0.05) is 26.0 Å². The first kappa shape index (κ1) is 21.3. The SMILES string of the molecule is CCC(C)NC(=O)CCN(c1nc(Cc2ccc(F)cc2)ns1)C(C)CC. The number of rotatable bonds is 10. The normalized spacial score (nSPS) is 13.2. The van der Waals surface area contributed by atoms with Crippen LogP contribution in [0.1, 0.15) is 58.3 Å². The van der Waals surface area contributed by atoms with Crippen LogP contribution in [-0.4, -0.2) is 33.9 Å². The fourth-order valence-corrected chi connectivity index (χ4v) is 3.43. The predicted molar refractivity (Wildman–Crippen MR) is 109 cm³/mol. The van der Waals surface area contributed by atoms with Crippen molar-refractivity contribution < 1.29 is 9.18 Å². The second-order valence-electron chi connectivity index (χ2n) is 6.87. The van der Waals surface area contributed by atoms with Crippen LogP contribution >= 0.6 is 11.5 Å². The molecule has 148 valence electrons. The van der Waals surface area contributed by atoms with Crippen LogP contribution in [0.25, 0.3) is 0 Å². The van der Waals surface area contributed by atoms with E-state index in [-0.39, 0.29) is 23.8 Å². The highest BCUT2D eigenvalue weighted by Crippen LogP contribution is 2.22. The lowest BCUT2D eigenvalue weighted by Crippen LogP contribution is -2.38. The van der Waals surface area contributed by atoms with Gasteiger partial charge in [-0.05, 0) is 44.4 Å². The van der Waals surface area contributed by atoms with Gasteiger partial charge in [0, 0.05) is 43.0 Å². The van der Waals surface area contributed by atoms with E-state index >= 15 is 0 Å². The molecule has 27 heavy (non-hydrogen) atoms. The van der Waals surface area contributed by atoms with E-state index in [2.05, 4.69) is 40.3 Å². The molecule has 0 saturated carbocycles. The Morgan fingerprint density at radius 2 is 1.93 bits per heavy atom. The summed E-state index contributed by atoms with van der Waals surface area (Å²) in [6, 6.07) is 6.86. The number of nitrogens with zero attached hydrogens (tertiary/aromatic N) is 3. The van der Waals surface area contributed by atoms with Crippen LogP contribution in [0, 0.1) is 5.82 Å². The fraction of sp³-hybridized carbons (Fsp3) is 0.550. The van der Waals surface area contributed by atoms with Gasteiger partial charge in [-0.15, -0.1) is 0 Å². The van der Waals surface area contributed by atoms with E-state index in [1.54, 1.807) is 12.1 Å². The van der Waals surface area contributed by atoms with Crippen LogP contribution < -0.4 is 10.2 Å². The Bertz CT molecular complexity index is 719. The zero-order valence-corrected chi connectivity index (χ0v) is 17.4. The van der Waals surface area contributed by atoms with Crippen molar-refractivity contribution in [3.8, 4) is 0 Å². The lowest BCUT2D eigenvalue weighted by Gasteiger charge is -2.27. The Labute approximate surface area is 165 Å². The van der Waals surface area contributed by atoms with Crippen molar-refractivity contribution >= 4 is 22.6 Å². The third kappa shape index (κ3) is 6.57. The van der Waals surface area contributed by atoms with Gasteiger partial charge < -0.3 is 10.2 Å². The van der Waals surface area contributed by atoms with Crippen molar-refractivity contribution in [1.29, 1.82) is 0 Å². The summed E-state index contributed by atoms with van der Waals surface area (Å²) in [5.41, 5.74) is 0.976. The molecule has 0 aliphatic carbocycles. The van der Waals surface area contributed by atoms with Gasteiger partial charge in [0.25, 0.3) is 0 Å². The number of hydrogen-bond donors (Lipinski definition) is 1. The Kier molecular flexibility index (Phi) is 8.16. The minimum atomic E-state index is -0.246. The van der Waals surface area contributed by atoms with Crippen LogP contribution in [0.3, 0.4) is 0 Å². The maximum Gasteiger partial charge on any atom is 0.221 e. The number of halogens is 1. The molecule has 2 unspecified atom stereocenters. The molecule has 0 aliphatic heterocycles. The van der Waals surface area contributed by atoms with Gasteiger partial charge in [0.05, 0.1) is 0 Å². The number of aromatic nitrogens is 2. The first-order chi connectivity index (χ1) is 12.9. The molecule has 2 atom stereocenters. The molecule has 1 heterocycles. The largest absolute Gasteiger partial charge is 0.354 e. The van der Waals surface area contributed by atoms with Gasteiger partial charge in [-0.25, -0.2) is 9.37 Å². The van der Waals surface area contributed by atoms with E-state index in [1.165, 1.54) is 23.7 Å². The molecule has 1 N–H and O–H groups in total. The van der Waals surface area contributed by atoms with Crippen LogP contribution in [-0.2, 0) is 11.2 Å². The molecule has 0 fully saturated rings. The summed E-state index contributed by atoms with van der Waals surface area (Å²) in [6.07, 6.45) is 2.88. The highest BCUT2D eigenvalue weighted by molar-refractivity contribution is 7.09. The molecule has 2 rings (SSSR count). The molecule has 1 aromatic carbocycles. The smallest absolute Gasteiger partial charge is 0.221 e. The monoisotopic (exact) mass is 392 g/mol. The first-order valence-corrected chi connectivity index (χ1v) is 10.3. The van der Waals surface area contributed by atoms with Crippen molar-refractivity contribution in [3.63, 3.8) is 0 Å². The summed E-state index contributed by atoms with van der Waals surface area (Å²) >= 11 is 1.35. The molecule has 0 bridgehead atoms. The molecule has 0 aliphatic rings. The predicted octanol–water partition coefficient (Wildman–Crippen LogP) is 4.18. The zero-order valence-electron chi connectivity index (χ0n) is 16.5. The highest BCUT2D eigenvalue weighted by Gasteiger charge is 2.19. The van der Waals surface area contributed by atoms with E-state index in [4.69, 9.17) is 0 Å². The fourth-order valence-electron chi connectivity index (χ4n) is 2.61. The Balaban J connectivity index is 2.02. The van der Waals surface area contributed by atoms with Crippen LogP contribution in [0.15, 0.2) is 24.3 Å². The van der Waals surface area contributed by atoms with Crippen molar-refractivity contribution in [2.45, 2.75) is 65.5 Å². The van der Waals surface area contributed by atoms with Crippen LogP contribution in [0.4, 0.5) is 9.52 Å². The average molecular weight is 393 g/mol. The lowest BCUT2D eigenvalue weighted by atomic mass is 10.1. The zero-order chi connectivity index (χ0) is 19.8. The van der Waals surface area contributed by atoms with Gasteiger partial charge in [0.15, 0.2) is 0 Å². The van der Waals surface area contributed by atoms with Gasteiger partial charge in [-0.2, -0.15) is 4.37 Å². The highest BCUT2D eigenvalue weighted by atomic mass is 32.1. The number of carbonyl (C=O) groups is 1. The number of amides is 1. The second kappa shape index (κ2) is 10.3. The first-order valence-electron chi connectivity index (χ1n) is 9.55. The van der Waals surface area contributed by atoms with E-state index in [0.29, 0.717) is 19.4 Å². The summed E-state index contributed by atoms with van der Waals surface area (Å²) in [5.74, 6) is 0.539. The Morgan fingerprint density at radius 1 is 1.22 bits per heavy atom. The molecule has 1 aromatic heterocycles. The van der Waals surface area contributed by atoms with Gasteiger partial charge >= 0.3 is 0 Å². The minimum Gasteiger partial charge on any atom is -0.354 e. The summed E-state index contributed by atoms with van der Waals surface area (Å²) < 4.78 is 17.5. The van der Waals surface area contributed by atoms with Crippen molar-refractivity contribution in [1.82, 2.24) is 14.7 Å². The third-order valence-corrected chi connectivity index (χ3v) is 5.49. The van der Waals surface area contributed by atoms with E-state index in [1.807, 2.05) is 6.92 Å². The Morgan fingerprint density at radius 3 is 2.56 bits per heavy atom. The summed E-state index contributed by atoms with van der Waals surface area (Å²) in [5, 5.41) is 3.84. The van der Waals surface area contributed by atoms with Crippen LogP contribution in [0.5, 0.6) is 0 Å². The van der Waals surface area contributed by atoms with Gasteiger partial charge in [0.1, 0.15) is 11.6 Å². The average Bonchev–Trinajstić information content (AvgIpc) is 3.11. The molecule has 0 saturated heterocycles. The molecule has 5 nitrogen and oxygen atoms in total. The summed E-state index contributed by atoms with van der Waals surface area (Å²) in [4.78, 5) is 18.9. The number of anilines is 1. The van der Waals surface area contributed by atoms with E-state index in [9.17, 15) is 9.18 Å². The third-order valence-electron chi connectivity index (χ3n) is 4.70. The molecule has 2 aromatic rings. The number of nitrogens with one attached hydrogen (secondary N) is 1. The van der Waals surface area contributed by atoms with Gasteiger partial charge in [-0.3, -0.25) is 4.79 Å². The topological polar surface area (TPSA) is 58.1 Å². The number of carbonyl (C=O) groups excluding carboxylic acids is 1. The standard InChI is InChI=1S/C20H29FN4OS/c1-5-14(3)22-19(26)11-12-25(15(4)6-2)20-23-18(24-27-20)13-16-7-9-17(21)10-8-16/h7-10,14-15H,5-6,11-13H2,1-4H3,(H,22,26). The van der Waals surface area contributed by atoms with Crippen molar-refractivity contribution in [2.24, 2.45) is 0 Å². The molecular formula is C20H29FN4OS. The lowest BCUT2D eigenvalue weighted by molar-refractivity contribution is -0.121. The second-order valence-corrected chi connectivity index (χ2v) is 7.60. The molecule has 7 heteroatoms. The number of benzene rings is 1. The molecule has 0 radical (unpaired) electrons. The number of hydrogen-bond acceptors (Lipinski definition) is 5. The Hall–Kier alpha value is -2.02. The molecular weight excluding hydrogens is 363 g/mol. The van der Waals surface area contributed by atoms with E-state index in [0.717, 1.165) is 29.4 Å². The van der Waals surface area contributed by atoms with Gasteiger partial charge in [0.2, 0.25) is 11.0 Å². The maximum absolute atomic E-state index is 13.0. The van der Waals surface area contributed by atoms with E-state index < -0.39 is 0 Å². The summed E-state index contributed by atoms with van der Waals surface area (Å²) in [6.45, 7) is 8.94. The molecule has 1 amide bonds. The van der Waals surface area contributed by atoms with Crippen molar-refractivity contribution in [3.05, 3.63) is 41.5 Å². The summed E-state index contributed by atoms with van der Waals surface area (Å²) in [7, 11) is 0. The molecule has 0 spiro atoms. The van der Waals surface area contributed by atoms with Crippen molar-refractivity contribution in [2.75, 3.05) is 11.4 Å². The quantitative estimate of drug-likeness (QED) is 0.659. The van der Waals surface area contributed by atoms with Crippen LogP contribution in [0.2, 0.25) is 0 Å². The maximum atomic E-state index is 13.0.